The van der Waals surface area contributed by atoms with Crippen LogP contribution in [0.1, 0.15) is 25.6 Å². The van der Waals surface area contributed by atoms with Gasteiger partial charge in [0, 0.05) is 43.3 Å². The number of hydrogen-bond acceptors (Lipinski definition) is 6. The van der Waals surface area contributed by atoms with Crippen molar-refractivity contribution in [3.63, 3.8) is 0 Å². The fourth-order valence-electron chi connectivity index (χ4n) is 3.40. The third kappa shape index (κ3) is 3.06. The second-order valence-electron chi connectivity index (χ2n) is 6.42. The summed E-state index contributed by atoms with van der Waals surface area (Å²) in [6, 6.07) is 9.28. The summed E-state index contributed by atoms with van der Waals surface area (Å²) in [5, 5.41) is 2.10. The zero-order chi connectivity index (χ0) is 17.4. The van der Waals surface area contributed by atoms with Crippen LogP contribution < -0.4 is 5.73 Å². The zero-order valence-electron chi connectivity index (χ0n) is 13.9. The third-order valence-electron chi connectivity index (χ3n) is 4.80. The summed E-state index contributed by atoms with van der Waals surface area (Å²) < 4.78 is 0. The lowest BCUT2D eigenvalue weighted by Crippen LogP contribution is -2.50. The molecule has 25 heavy (non-hydrogen) atoms. The largest absolute Gasteiger partial charge is 0.398 e. The molecule has 4 rings (SSSR count). The van der Waals surface area contributed by atoms with Gasteiger partial charge in [0.05, 0.1) is 17.8 Å². The van der Waals surface area contributed by atoms with Crippen molar-refractivity contribution in [1.82, 2.24) is 14.7 Å². The van der Waals surface area contributed by atoms with E-state index in [1.807, 2.05) is 0 Å². The summed E-state index contributed by atoms with van der Waals surface area (Å²) in [6.45, 7) is 4.85. The molecule has 0 saturated carbocycles. The minimum Gasteiger partial charge on any atom is -0.398 e. The van der Waals surface area contributed by atoms with E-state index in [9.17, 15) is 9.59 Å². The topological polar surface area (TPSA) is 69.9 Å². The first-order valence-corrected chi connectivity index (χ1v) is 9.23. The Morgan fingerprint density at radius 1 is 0.960 bits per heavy atom. The van der Waals surface area contributed by atoms with Crippen LogP contribution in [0.3, 0.4) is 0 Å². The molecule has 1 saturated heterocycles. The van der Waals surface area contributed by atoms with E-state index in [0.29, 0.717) is 23.5 Å². The summed E-state index contributed by atoms with van der Waals surface area (Å²) in [6.07, 6.45) is 0. The number of anilines is 1. The van der Waals surface area contributed by atoms with Gasteiger partial charge in [-0.25, -0.2) is 0 Å². The molecule has 6 nitrogen and oxygen atoms in total. The van der Waals surface area contributed by atoms with Crippen molar-refractivity contribution in [2.24, 2.45) is 0 Å². The van der Waals surface area contributed by atoms with Crippen molar-refractivity contribution in [2.75, 3.05) is 38.6 Å². The van der Waals surface area contributed by atoms with Gasteiger partial charge in [-0.1, -0.05) is 12.1 Å². The van der Waals surface area contributed by atoms with E-state index in [2.05, 4.69) is 27.3 Å². The third-order valence-corrected chi connectivity index (χ3v) is 5.66. The minimum absolute atomic E-state index is 0.242. The summed E-state index contributed by atoms with van der Waals surface area (Å²) in [4.78, 5) is 32.3. The molecule has 7 heteroatoms. The number of fused-ring (bicyclic) bond motifs is 1. The fraction of sp³-hybridized carbons (Fsp3) is 0.333. The normalized spacial score (nSPS) is 18.8. The zero-order valence-corrected chi connectivity index (χ0v) is 14.7. The lowest BCUT2D eigenvalue weighted by atomic mass is 10.1. The highest BCUT2D eigenvalue weighted by Gasteiger charge is 2.38. The van der Waals surface area contributed by atoms with E-state index in [4.69, 9.17) is 5.73 Å². The van der Waals surface area contributed by atoms with Crippen LogP contribution >= 0.6 is 11.3 Å². The molecule has 1 fully saturated rings. The molecular formula is C18H20N4O2S. The van der Waals surface area contributed by atoms with Gasteiger partial charge in [-0.3, -0.25) is 24.3 Å². The van der Waals surface area contributed by atoms with E-state index in [0.717, 1.165) is 32.7 Å². The maximum Gasteiger partial charge on any atom is 0.264 e. The predicted molar refractivity (Wildman–Crippen MR) is 97.4 cm³/mol. The van der Waals surface area contributed by atoms with Crippen LogP contribution in [-0.2, 0) is 6.54 Å². The standard InChI is InChI=1S/C18H20N4O2S/c19-15-5-1-4-14-16(15)18(24)22(17(14)23)12-21-8-6-20(7-9-21)11-13-3-2-10-25-13/h1-5,10H,6-9,11-12,19H2. The highest BCUT2D eigenvalue weighted by atomic mass is 32.1. The Bertz CT molecular complexity index is 797. The summed E-state index contributed by atoms with van der Waals surface area (Å²) in [5.41, 5.74) is 7.03. The van der Waals surface area contributed by atoms with Gasteiger partial charge in [0.25, 0.3) is 11.8 Å². The Morgan fingerprint density at radius 3 is 2.40 bits per heavy atom. The van der Waals surface area contributed by atoms with Gasteiger partial charge >= 0.3 is 0 Å². The molecule has 0 radical (unpaired) electrons. The monoisotopic (exact) mass is 356 g/mol. The first kappa shape index (κ1) is 16.3. The molecule has 0 spiro atoms. The van der Waals surface area contributed by atoms with Gasteiger partial charge in [0.2, 0.25) is 0 Å². The number of nitrogen functional groups attached to an aromatic ring is 1. The molecule has 0 bridgehead atoms. The molecule has 130 valence electrons. The summed E-state index contributed by atoms with van der Waals surface area (Å²) >= 11 is 1.77. The molecule has 0 aliphatic carbocycles. The lowest BCUT2D eigenvalue weighted by molar-refractivity contribution is 0.0449. The lowest BCUT2D eigenvalue weighted by Gasteiger charge is -2.35. The maximum absolute atomic E-state index is 12.6. The van der Waals surface area contributed by atoms with Crippen molar-refractivity contribution >= 4 is 28.8 Å². The molecular weight excluding hydrogens is 336 g/mol. The molecule has 2 aliphatic rings. The highest BCUT2D eigenvalue weighted by molar-refractivity contribution is 7.09. The first-order valence-electron chi connectivity index (χ1n) is 8.35. The molecule has 3 heterocycles. The highest BCUT2D eigenvalue weighted by Crippen LogP contribution is 2.27. The molecule has 2 aromatic rings. The van der Waals surface area contributed by atoms with Crippen LogP contribution in [0.15, 0.2) is 35.7 Å². The number of nitrogens with two attached hydrogens (primary N) is 1. The number of carbonyl (C=O) groups excluding carboxylic acids is 2. The average Bonchev–Trinajstić information content (AvgIpc) is 3.20. The summed E-state index contributed by atoms with van der Waals surface area (Å²) in [5.74, 6) is -0.521. The van der Waals surface area contributed by atoms with Gasteiger partial charge in [0.15, 0.2) is 0 Å². The SMILES string of the molecule is Nc1cccc2c1C(=O)N(CN1CCN(Cc3cccs3)CC1)C2=O. The van der Waals surface area contributed by atoms with Crippen LogP contribution in [0.25, 0.3) is 0 Å². The van der Waals surface area contributed by atoms with Gasteiger partial charge in [-0.15, -0.1) is 11.3 Å². The van der Waals surface area contributed by atoms with E-state index in [1.165, 1.54) is 9.78 Å². The Morgan fingerprint density at radius 2 is 1.72 bits per heavy atom. The van der Waals surface area contributed by atoms with Crippen LogP contribution in [0.5, 0.6) is 0 Å². The maximum atomic E-state index is 12.6. The Labute approximate surface area is 150 Å². The van der Waals surface area contributed by atoms with Crippen molar-refractivity contribution in [3.8, 4) is 0 Å². The smallest absolute Gasteiger partial charge is 0.264 e. The molecule has 2 N–H and O–H groups in total. The van der Waals surface area contributed by atoms with Gasteiger partial charge in [-0.2, -0.15) is 0 Å². The van der Waals surface area contributed by atoms with Crippen molar-refractivity contribution in [2.45, 2.75) is 6.54 Å². The van der Waals surface area contributed by atoms with Gasteiger partial charge in [-0.05, 0) is 23.6 Å². The fourth-order valence-corrected chi connectivity index (χ4v) is 4.15. The quantitative estimate of drug-likeness (QED) is 0.667. The average molecular weight is 356 g/mol. The number of thiophene rings is 1. The second-order valence-corrected chi connectivity index (χ2v) is 7.46. The second kappa shape index (κ2) is 6.59. The number of benzene rings is 1. The Hall–Kier alpha value is -2.22. The Balaban J connectivity index is 1.37. The number of hydrogen-bond donors (Lipinski definition) is 1. The molecule has 0 atom stereocenters. The molecule has 2 amide bonds. The van der Waals surface area contributed by atoms with Gasteiger partial charge < -0.3 is 5.73 Å². The number of imide groups is 1. The van der Waals surface area contributed by atoms with Crippen LogP contribution in [0.4, 0.5) is 5.69 Å². The number of carbonyl (C=O) groups is 2. The van der Waals surface area contributed by atoms with Crippen LogP contribution in [-0.4, -0.2) is 59.4 Å². The van der Waals surface area contributed by atoms with E-state index < -0.39 is 0 Å². The van der Waals surface area contributed by atoms with E-state index >= 15 is 0 Å². The first-order chi connectivity index (χ1) is 12.1. The predicted octanol–water partition coefficient (Wildman–Crippen LogP) is 1.70. The van der Waals surface area contributed by atoms with Crippen molar-refractivity contribution < 1.29 is 9.59 Å². The molecule has 1 aromatic carbocycles. The Kier molecular flexibility index (Phi) is 4.29. The van der Waals surface area contributed by atoms with Crippen LogP contribution in [0.2, 0.25) is 0 Å². The molecule has 2 aliphatic heterocycles. The van der Waals surface area contributed by atoms with Crippen molar-refractivity contribution in [1.29, 1.82) is 0 Å². The summed E-state index contributed by atoms with van der Waals surface area (Å²) in [7, 11) is 0. The number of amides is 2. The van der Waals surface area contributed by atoms with E-state index in [-0.39, 0.29) is 11.8 Å². The van der Waals surface area contributed by atoms with Gasteiger partial charge in [0.1, 0.15) is 0 Å². The molecule has 0 unspecified atom stereocenters. The number of nitrogens with zero attached hydrogens (tertiary/aromatic N) is 3. The molecule has 1 aromatic heterocycles. The van der Waals surface area contributed by atoms with E-state index in [1.54, 1.807) is 29.5 Å². The van der Waals surface area contributed by atoms with Crippen LogP contribution in [0, 0.1) is 0 Å². The minimum atomic E-state index is -0.279. The number of rotatable bonds is 4. The number of piperazine rings is 1. The van der Waals surface area contributed by atoms with Crippen molar-refractivity contribution in [3.05, 3.63) is 51.7 Å².